The van der Waals surface area contributed by atoms with Crippen molar-refractivity contribution in [3.8, 4) is 17.1 Å². The van der Waals surface area contributed by atoms with E-state index in [1.54, 1.807) is 43.0 Å². The van der Waals surface area contributed by atoms with Gasteiger partial charge in [0.05, 0.1) is 29.2 Å². The summed E-state index contributed by atoms with van der Waals surface area (Å²) in [4.78, 5) is 32.5. The molecule has 1 fully saturated rings. The fourth-order valence-corrected chi connectivity index (χ4v) is 4.77. The Morgan fingerprint density at radius 2 is 2.08 bits per heavy atom. The second kappa shape index (κ2) is 11.4. The average Bonchev–Trinajstić information content (AvgIpc) is 2.85. The third kappa shape index (κ3) is 5.87. The van der Waals surface area contributed by atoms with E-state index in [1.165, 1.54) is 16.7 Å². The first kappa shape index (κ1) is 26.1. The lowest BCUT2D eigenvalue weighted by Gasteiger charge is -2.33. The van der Waals surface area contributed by atoms with Crippen LogP contribution < -0.4 is 10.3 Å². The van der Waals surface area contributed by atoms with Crippen molar-refractivity contribution in [2.24, 2.45) is 5.92 Å². The summed E-state index contributed by atoms with van der Waals surface area (Å²) in [5.74, 6) is -0.136. The Kier molecular flexibility index (Phi) is 8.25. The van der Waals surface area contributed by atoms with E-state index < -0.39 is 5.82 Å². The molecule has 36 heavy (non-hydrogen) atoms. The van der Waals surface area contributed by atoms with Gasteiger partial charge in [-0.15, -0.1) is 0 Å². The Hall–Kier alpha value is -2.98. The molecule has 0 aliphatic carbocycles. The van der Waals surface area contributed by atoms with Gasteiger partial charge in [0.15, 0.2) is 0 Å². The quantitative estimate of drug-likeness (QED) is 0.453. The van der Waals surface area contributed by atoms with E-state index in [2.05, 4.69) is 20.9 Å². The molecule has 0 saturated carbocycles. The highest BCUT2D eigenvalue weighted by Crippen LogP contribution is 2.28. The van der Waals surface area contributed by atoms with E-state index in [4.69, 9.17) is 14.6 Å². The highest BCUT2D eigenvalue weighted by molar-refractivity contribution is 9.10. The zero-order valence-electron chi connectivity index (χ0n) is 20.2. The van der Waals surface area contributed by atoms with Gasteiger partial charge < -0.3 is 19.5 Å². The first-order chi connectivity index (χ1) is 17.3. The number of hydrogen-bond acceptors (Lipinski definition) is 6. The summed E-state index contributed by atoms with van der Waals surface area (Å²) in [6, 6.07) is 9.54. The number of amides is 1. The topological polar surface area (TPSA) is 93.9 Å². The molecule has 0 bridgehead atoms. The minimum Gasteiger partial charge on any atom is -0.491 e. The molecule has 192 valence electrons. The van der Waals surface area contributed by atoms with Crippen molar-refractivity contribution in [2.75, 3.05) is 26.3 Å². The molecule has 8 nitrogen and oxygen atoms in total. The number of piperidine rings is 1. The number of rotatable bonds is 7. The molecule has 2 heterocycles. The molecule has 1 N–H and O–H groups in total. The number of ether oxygens (including phenoxy) is 2. The number of hydrogen-bond donors (Lipinski definition) is 1. The van der Waals surface area contributed by atoms with Gasteiger partial charge in [0.25, 0.3) is 5.56 Å². The number of halogens is 2. The van der Waals surface area contributed by atoms with Crippen LogP contribution in [0.25, 0.3) is 22.3 Å². The summed E-state index contributed by atoms with van der Waals surface area (Å²) >= 11 is 3.41. The lowest BCUT2D eigenvalue weighted by molar-refractivity contribution is 0.0608. The standard InChI is InChI=1S/C26H29BrFN3O5/c1-16(2)36-26(34)30-9-3-4-17(14-30)15-31-24(20-7-6-19(13-22(20)28)35-11-10-32)29-23-8-5-18(27)12-21(23)25(31)33/h5-8,12-13,16-17,32H,3-4,9-11,14-15H2,1-2H3. The molecule has 1 unspecified atom stereocenters. The van der Waals surface area contributed by atoms with Gasteiger partial charge in [-0.3, -0.25) is 9.36 Å². The van der Waals surface area contributed by atoms with Crippen molar-refractivity contribution >= 4 is 32.9 Å². The summed E-state index contributed by atoms with van der Waals surface area (Å²) in [6.07, 6.45) is 0.999. The molecule has 1 atom stereocenters. The zero-order chi connectivity index (χ0) is 25.8. The van der Waals surface area contributed by atoms with Crippen LogP contribution in [0.5, 0.6) is 5.75 Å². The Balaban J connectivity index is 1.73. The molecule has 1 aliphatic heterocycles. The number of benzene rings is 2. The maximum absolute atomic E-state index is 15.2. The van der Waals surface area contributed by atoms with E-state index in [0.717, 1.165) is 17.3 Å². The second-order valence-electron chi connectivity index (χ2n) is 9.11. The van der Waals surface area contributed by atoms with E-state index in [1.807, 2.05) is 0 Å². The third-order valence-corrected chi connectivity index (χ3v) is 6.51. The zero-order valence-corrected chi connectivity index (χ0v) is 21.8. The minimum absolute atomic E-state index is 0.0310. The number of likely N-dealkylation sites (tertiary alicyclic amines) is 1. The van der Waals surface area contributed by atoms with Crippen molar-refractivity contribution in [1.29, 1.82) is 0 Å². The lowest BCUT2D eigenvalue weighted by Crippen LogP contribution is -2.43. The monoisotopic (exact) mass is 561 g/mol. The second-order valence-corrected chi connectivity index (χ2v) is 10.0. The van der Waals surface area contributed by atoms with Gasteiger partial charge in [-0.25, -0.2) is 14.2 Å². The summed E-state index contributed by atoms with van der Waals surface area (Å²) in [5, 5.41) is 9.39. The molecule has 4 rings (SSSR count). The maximum Gasteiger partial charge on any atom is 0.410 e. The third-order valence-electron chi connectivity index (χ3n) is 6.01. The maximum atomic E-state index is 15.2. The number of aromatic nitrogens is 2. The van der Waals surface area contributed by atoms with Gasteiger partial charge in [-0.05, 0) is 62.9 Å². The normalized spacial score (nSPS) is 15.9. The summed E-state index contributed by atoms with van der Waals surface area (Å²) in [6.45, 7) is 4.77. The summed E-state index contributed by atoms with van der Waals surface area (Å²) < 4.78 is 28.1. The van der Waals surface area contributed by atoms with Crippen molar-refractivity contribution in [3.05, 3.63) is 57.0 Å². The Morgan fingerprint density at radius 1 is 1.28 bits per heavy atom. The van der Waals surface area contributed by atoms with Crippen LogP contribution in [0, 0.1) is 11.7 Å². The van der Waals surface area contributed by atoms with Crippen LogP contribution in [0.1, 0.15) is 26.7 Å². The smallest absolute Gasteiger partial charge is 0.410 e. The molecule has 3 aromatic rings. The number of aliphatic hydroxyl groups excluding tert-OH is 1. The van der Waals surface area contributed by atoms with Crippen molar-refractivity contribution in [3.63, 3.8) is 0 Å². The van der Waals surface area contributed by atoms with Crippen LogP contribution in [-0.2, 0) is 11.3 Å². The molecule has 1 aliphatic rings. The Morgan fingerprint density at radius 3 is 2.81 bits per heavy atom. The number of aliphatic hydroxyl groups is 1. The fraction of sp³-hybridized carbons (Fsp3) is 0.423. The van der Waals surface area contributed by atoms with Crippen molar-refractivity contribution < 1.29 is 23.8 Å². The molecular weight excluding hydrogens is 533 g/mol. The number of fused-ring (bicyclic) bond motifs is 1. The fourth-order valence-electron chi connectivity index (χ4n) is 4.41. The predicted octanol–water partition coefficient (Wildman–Crippen LogP) is 4.59. The number of carbonyl (C=O) groups excluding carboxylic acids is 1. The van der Waals surface area contributed by atoms with E-state index >= 15 is 4.39 Å². The van der Waals surface area contributed by atoms with E-state index in [9.17, 15) is 9.59 Å². The SMILES string of the molecule is CC(C)OC(=O)N1CCCC(Cn2c(-c3ccc(OCCO)cc3F)nc3ccc(Br)cc3c2=O)C1. The summed E-state index contributed by atoms with van der Waals surface area (Å²) in [5.41, 5.74) is 0.346. The highest BCUT2D eigenvalue weighted by atomic mass is 79.9. The number of carbonyl (C=O) groups is 1. The van der Waals surface area contributed by atoms with Gasteiger partial charge in [0.1, 0.15) is 24.0 Å². The first-order valence-corrected chi connectivity index (χ1v) is 12.8. The van der Waals surface area contributed by atoms with Crippen LogP contribution in [-0.4, -0.2) is 58.1 Å². The van der Waals surface area contributed by atoms with Crippen LogP contribution in [0.2, 0.25) is 0 Å². The van der Waals surface area contributed by atoms with Gasteiger partial charge in [-0.1, -0.05) is 15.9 Å². The molecule has 1 saturated heterocycles. The van der Waals surface area contributed by atoms with E-state index in [-0.39, 0.29) is 60.6 Å². The van der Waals surface area contributed by atoms with Crippen LogP contribution >= 0.6 is 15.9 Å². The van der Waals surface area contributed by atoms with Crippen LogP contribution in [0.4, 0.5) is 9.18 Å². The summed E-state index contributed by atoms with van der Waals surface area (Å²) in [7, 11) is 0. The lowest BCUT2D eigenvalue weighted by atomic mass is 9.98. The number of nitrogens with zero attached hydrogens (tertiary/aromatic N) is 3. The van der Waals surface area contributed by atoms with Gasteiger partial charge >= 0.3 is 6.09 Å². The average molecular weight is 562 g/mol. The Bertz CT molecular complexity index is 1310. The van der Waals surface area contributed by atoms with Crippen molar-refractivity contribution in [1.82, 2.24) is 14.5 Å². The van der Waals surface area contributed by atoms with Gasteiger partial charge in [0, 0.05) is 30.2 Å². The van der Waals surface area contributed by atoms with E-state index in [0.29, 0.717) is 24.0 Å². The van der Waals surface area contributed by atoms with Gasteiger partial charge in [-0.2, -0.15) is 0 Å². The Labute approximate surface area is 216 Å². The molecule has 10 heteroatoms. The van der Waals surface area contributed by atoms with Crippen molar-refractivity contribution in [2.45, 2.75) is 39.3 Å². The molecule has 1 amide bonds. The van der Waals surface area contributed by atoms with Crippen LogP contribution in [0.15, 0.2) is 45.7 Å². The highest BCUT2D eigenvalue weighted by Gasteiger charge is 2.27. The van der Waals surface area contributed by atoms with Gasteiger partial charge in [0.2, 0.25) is 0 Å². The molecule has 2 aromatic carbocycles. The largest absolute Gasteiger partial charge is 0.491 e. The minimum atomic E-state index is -0.590. The molecule has 0 radical (unpaired) electrons. The first-order valence-electron chi connectivity index (χ1n) is 12.0. The van der Waals surface area contributed by atoms with Crippen LogP contribution in [0.3, 0.4) is 0 Å². The predicted molar refractivity (Wildman–Crippen MR) is 138 cm³/mol. The molecular formula is C26H29BrFN3O5. The molecule has 1 aromatic heterocycles. The molecule has 0 spiro atoms.